The molecule has 158 valence electrons. The molecule has 3 aromatic rings. The summed E-state index contributed by atoms with van der Waals surface area (Å²) < 4.78 is 2.17. The van der Waals surface area contributed by atoms with Crippen molar-refractivity contribution in [3.05, 3.63) is 66.1 Å². The molecule has 0 saturated carbocycles. The van der Waals surface area contributed by atoms with Crippen LogP contribution in [0.3, 0.4) is 0 Å². The van der Waals surface area contributed by atoms with E-state index in [0.717, 1.165) is 31.1 Å². The molecule has 0 aliphatic carbocycles. The summed E-state index contributed by atoms with van der Waals surface area (Å²) in [6, 6.07) is 17.0. The van der Waals surface area contributed by atoms with Gasteiger partial charge in [-0.2, -0.15) is 0 Å². The highest BCUT2D eigenvalue weighted by Gasteiger charge is 2.26. The molecule has 0 spiro atoms. The van der Waals surface area contributed by atoms with E-state index in [2.05, 4.69) is 71.9 Å². The molecule has 1 unspecified atom stereocenters. The molecule has 0 amide bonds. The molecule has 4 heterocycles. The third kappa shape index (κ3) is 4.56. The molecule has 0 bridgehead atoms. The van der Waals surface area contributed by atoms with Crippen molar-refractivity contribution in [2.75, 3.05) is 52.4 Å². The Labute approximate surface area is 179 Å². The van der Waals surface area contributed by atoms with Gasteiger partial charge in [0.25, 0.3) is 0 Å². The topological polar surface area (TPSA) is 39.9 Å². The summed E-state index contributed by atoms with van der Waals surface area (Å²) in [7, 11) is 0. The first kappa shape index (κ1) is 19.7. The SMILES string of the molecule is c1ccc(CN2CCN(CCN3CCCC(c4nnc5ccccn45)C3)CC2)cc1. The molecule has 2 saturated heterocycles. The maximum absolute atomic E-state index is 4.52. The van der Waals surface area contributed by atoms with Gasteiger partial charge in [0.2, 0.25) is 0 Å². The van der Waals surface area contributed by atoms with Crippen molar-refractivity contribution in [2.45, 2.75) is 25.3 Å². The minimum Gasteiger partial charge on any atom is -0.301 e. The Morgan fingerprint density at radius 3 is 2.40 bits per heavy atom. The Balaban J connectivity index is 1.09. The molecule has 30 heavy (non-hydrogen) atoms. The predicted molar refractivity (Wildman–Crippen MR) is 120 cm³/mol. The quantitative estimate of drug-likeness (QED) is 0.632. The zero-order valence-electron chi connectivity index (χ0n) is 17.7. The van der Waals surface area contributed by atoms with E-state index < -0.39 is 0 Å². The largest absolute Gasteiger partial charge is 0.301 e. The van der Waals surface area contributed by atoms with Crippen LogP contribution in [0.4, 0.5) is 0 Å². The summed E-state index contributed by atoms with van der Waals surface area (Å²) in [4.78, 5) is 7.85. The fraction of sp³-hybridized carbons (Fsp3) is 0.500. The number of aromatic nitrogens is 3. The summed E-state index contributed by atoms with van der Waals surface area (Å²) in [6.07, 6.45) is 4.56. The normalized spacial score (nSPS) is 21.9. The van der Waals surface area contributed by atoms with Gasteiger partial charge in [-0.15, -0.1) is 10.2 Å². The fourth-order valence-corrected chi connectivity index (χ4v) is 4.90. The number of hydrogen-bond donors (Lipinski definition) is 0. The van der Waals surface area contributed by atoms with Crippen molar-refractivity contribution in [1.82, 2.24) is 29.3 Å². The summed E-state index contributed by atoms with van der Waals surface area (Å²) >= 11 is 0. The van der Waals surface area contributed by atoms with E-state index in [1.54, 1.807) is 0 Å². The van der Waals surface area contributed by atoms with Crippen LogP contribution < -0.4 is 0 Å². The molecular formula is C24H32N6. The number of piperazine rings is 1. The number of piperidine rings is 1. The third-order valence-corrected chi connectivity index (χ3v) is 6.66. The van der Waals surface area contributed by atoms with Crippen molar-refractivity contribution in [3.8, 4) is 0 Å². The van der Waals surface area contributed by atoms with Crippen LogP contribution in [0, 0.1) is 0 Å². The highest BCUT2D eigenvalue weighted by Crippen LogP contribution is 2.26. The van der Waals surface area contributed by atoms with Crippen LogP contribution in [-0.4, -0.2) is 81.7 Å². The first-order valence-corrected chi connectivity index (χ1v) is 11.4. The summed E-state index contributed by atoms with van der Waals surface area (Å²) in [5.74, 6) is 1.61. The monoisotopic (exact) mass is 404 g/mol. The number of hydrogen-bond acceptors (Lipinski definition) is 5. The fourth-order valence-electron chi connectivity index (χ4n) is 4.90. The van der Waals surface area contributed by atoms with Crippen LogP contribution in [-0.2, 0) is 6.54 Å². The predicted octanol–water partition coefficient (Wildman–Crippen LogP) is 2.73. The Hall–Kier alpha value is -2.28. The van der Waals surface area contributed by atoms with Gasteiger partial charge in [0.05, 0.1) is 0 Å². The maximum atomic E-state index is 4.52. The number of pyridine rings is 1. The van der Waals surface area contributed by atoms with Crippen LogP contribution in [0.1, 0.15) is 30.1 Å². The van der Waals surface area contributed by atoms with Crippen molar-refractivity contribution in [1.29, 1.82) is 0 Å². The molecule has 1 aromatic carbocycles. The average Bonchev–Trinajstić information content (AvgIpc) is 3.24. The minimum atomic E-state index is 0.485. The summed E-state index contributed by atoms with van der Waals surface area (Å²) in [6.45, 7) is 10.4. The zero-order valence-corrected chi connectivity index (χ0v) is 17.7. The molecule has 2 aliphatic rings. The van der Waals surface area contributed by atoms with E-state index in [9.17, 15) is 0 Å². The van der Waals surface area contributed by atoms with Gasteiger partial charge in [-0.25, -0.2) is 0 Å². The van der Waals surface area contributed by atoms with E-state index in [1.165, 1.54) is 57.7 Å². The lowest BCUT2D eigenvalue weighted by atomic mass is 9.97. The molecule has 2 fully saturated rings. The number of fused-ring (bicyclic) bond motifs is 1. The van der Waals surface area contributed by atoms with Gasteiger partial charge < -0.3 is 4.90 Å². The molecule has 5 rings (SSSR count). The van der Waals surface area contributed by atoms with Crippen LogP contribution in [0.25, 0.3) is 5.65 Å². The molecule has 0 radical (unpaired) electrons. The molecule has 6 nitrogen and oxygen atoms in total. The van der Waals surface area contributed by atoms with E-state index >= 15 is 0 Å². The molecule has 1 atom stereocenters. The van der Waals surface area contributed by atoms with Gasteiger partial charge in [0.15, 0.2) is 5.65 Å². The molecule has 2 aliphatic heterocycles. The Kier molecular flexibility index (Phi) is 6.06. The van der Waals surface area contributed by atoms with E-state index in [4.69, 9.17) is 0 Å². The molecule has 0 N–H and O–H groups in total. The average molecular weight is 405 g/mol. The van der Waals surface area contributed by atoms with Gasteiger partial charge in [-0.3, -0.25) is 14.2 Å². The molecule has 6 heteroatoms. The highest BCUT2D eigenvalue weighted by atomic mass is 15.3. The Bertz CT molecular complexity index is 931. The van der Waals surface area contributed by atoms with Gasteiger partial charge in [0.1, 0.15) is 5.82 Å². The van der Waals surface area contributed by atoms with Gasteiger partial charge >= 0.3 is 0 Å². The van der Waals surface area contributed by atoms with Gasteiger partial charge in [-0.05, 0) is 37.1 Å². The Morgan fingerprint density at radius 2 is 1.53 bits per heavy atom. The lowest BCUT2D eigenvalue weighted by molar-refractivity contribution is 0.107. The summed E-state index contributed by atoms with van der Waals surface area (Å²) in [5.41, 5.74) is 2.38. The van der Waals surface area contributed by atoms with Crippen LogP contribution in [0.2, 0.25) is 0 Å². The van der Waals surface area contributed by atoms with E-state index in [1.807, 2.05) is 12.1 Å². The second-order valence-electron chi connectivity index (χ2n) is 8.73. The van der Waals surface area contributed by atoms with Gasteiger partial charge in [-0.1, -0.05) is 36.4 Å². The number of nitrogens with zero attached hydrogens (tertiary/aromatic N) is 6. The standard InChI is InChI=1S/C24H32N6/c1-2-7-21(8-3-1)19-29-17-14-27(15-18-29)13-16-28-11-6-9-22(20-28)24-26-25-23-10-4-5-12-30(23)24/h1-5,7-8,10,12,22H,6,9,11,13-20H2. The second kappa shape index (κ2) is 9.25. The number of likely N-dealkylation sites (tertiary alicyclic amines) is 1. The zero-order chi connectivity index (χ0) is 20.2. The number of rotatable bonds is 6. The maximum Gasteiger partial charge on any atom is 0.160 e. The number of benzene rings is 1. The summed E-state index contributed by atoms with van der Waals surface area (Å²) in [5, 5.41) is 8.87. The third-order valence-electron chi connectivity index (χ3n) is 6.66. The van der Waals surface area contributed by atoms with Crippen molar-refractivity contribution < 1.29 is 0 Å². The van der Waals surface area contributed by atoms with Crippen LogP contribution in [0.5, 0.6) is 0 Å². The lowest BCUT2D eigenvalue weighted by Gasteiger charge is -2.37. The lowest BCUT2D eigenvalue weighted by Crippen LogP contribution is -2.48. The minimum absolute atomic E-state index is 0.485. The first-order valence-electron chi connectivity index (χ1n) is 11.4. The highest BCUT2D eigenvalue weighted by molar-refractivity contribution is 5.37. The first-order chi connectivity index (χ1) is 14.8. The Morgan fingerprint density at radius 1 is 0.767 bits per heavy atom. The van der Waals surface area contributed by atoms with E-state index in [0.29, 0.717) is 5.92 Å². The van der Waals surface area contributed by atoms with Crippen molar-refractivity contribution in [2.24, 2.45) is 0 Å². The van der Waals surface area contributed by atoms with Crippen LogP contribution in [0.15, 0.2) is 54.7 Å². The van der Waals surface area contributed by atoms with Crippen LogP contribution >= 0.6 is 0 Å². The molecular weight excluding hydrogens is 372 g/mol. The second-order valence-corrected chi connectivity index (χ2v) is 8.73. The molecule has 2 aromatic heterocycles. The smallest absolute Gasteiger partial charge is 0.160 e. The van der Waals surface area contributed by atoms with E-state index in [-0.39, 0.29) is 0 Å². The van der Waals surface area contributed by atoms with Crippen molar-refractivity contribution in [3.63, 3.8) is 0 Å². The van der Waals surface area contributed by atoms with Crippen molar-refractivity contribution >= 4 is 5.65 Å². The van der Waals surface area contributed by atoms with Gasteiger partial charge in [0, 0.05) is 64.5 Å².